The molecule has 1 fully saturated rings. The highest BCUT2D eigenvalue weighted by Crippen LogP contribution is 2.36. The van der Waals surface area contributed by atoms with Gasteiger partial charge >= 0.3 is 0 Å². The zero-order valence-corrected chi connectivity index (χ0v) is 17.5. The molecule has 0 saturated heterocycles. The van der Waals surface area contributed by atoms with Gasteiger partial charge in [0, 0.05) is 12.5 Å². The largest absolute Gasteiger partial charge is 0.349 e. The van der Waals surface area contributed by atoms with Crippen molar-refractivity contribution in [3.05, 3.63) is 35.4 Å². The highest BCUT2D eigenvalue weighted by Gasteiger charge is 2.35. The van der Waals surface area contributed by atoms with Gasteiger partial charge in [0.1, 0.15) is 0 Å². The number of rotatable bonds is 7. The number of benzene rings is 1. The Morgan fingerprint density at radius 2 is 2.07 bits per heavy atom. The normalized spacial score (nSPS) is 18.4. The van der Waals surface area contributed by atoms with Crippen molar-refractivity contribution in [3.8, 4) is 0 Å². The summed E-state index contributed by atoms with van der Waals surface area (Å²) in [5, 5.41) is 12.2. The van der Waals surface area contributed by atoms with E-state index in [0.717, 1.165) is 36.4 Å². The molecule has 0 radical (unpaired) electrons. The van der Waals surface area contributed by atoms with E-state index < -0.39 is 0 Å². The number of hydrogen-bond donors (Lipinski definition) is 1. The minimum absolute atomic E-state index is 0.00661. The van der Waals surface area contributed by atoms with Gasteiger partial charge in [0.25, 0.3) is 0 Å². The van der Waals surface area contributed by atoms with E-state index in [-0.39, 0.29) is 23.9 Å². The van der Waals surface area contributed by atoms with Crippen molar-refractivity contribution in [2.45, 2.75) is 61.9 Å². The van der Waals surface area contributed by atoms with Gasteiger partial charge in [-0.05, 0) is 43.2 Å². The lowest BCUT2D eigenvalue weighted by molar-refractivity contribution is -0.119. The van der Waals surface area contributed by atoms with Gasteiger partial charge in [-0.15, -0.1) is 10.2 Å². The standard InChI is InChI=1S/C20H24N4O2S2/c1-2-18(26)24(14-10-11-14)19-22-23-20(28-19)27-12-17(25)21-16-9-5-7-13-6-3-4-8-15(13)16/h3-4,6,8,14,16H,2,5,7,9-12H2,1H3,(H,21,25). The molecule has 2 amide bonds. The average Bonchev–Trinajstić information content (AvgIpc) is 3.44. The third kappa shape index (κ3) is 4.38. The molecule has 1 heterocycles. The molecule has 6 nitrogen and oxygen atoms in total. The van der Waals surface area contributed by atoms with Crippen LogP contribution in [-0.4, -0.2) is 33.8 Å². The van der Waals surface area contributed by atoms with E-state index in [1.54, 1.807) is 4.90 Å². The molecule has 2 aromatic rings. The zero-order chi connectivity index (χ0) is 19.5. The number of nitrogens with zero attached hydrogens (tertiary/aromatic N) is 3. The maximum absolute atomic E-state index is 12.5. The van der Waals surface area contributed by atoms with Gasteiger partial charge in [-0.1, -0.05) is 54.3 Å². The summed E-state index contributed by atoms with van der Waals surface area (Å²) >= 11 is 2.78. The number of thioether (sulfide) groups is 1. The molecule has 0 aliphatic heterocycles. The van der Waals surface area contributed by atoms with Crippen molar-refractivity contribution < 1.29 is 9.59 Å². The third-order valence-electron chi connectivity index (χ3n) is 5.12. The molecule has 1 N–H and O–H groups in total. The Hall–Kier alpha value is -1.93. The average molecular weight is 417 g/mol. The number of carbonyl (C=O) groups excluding carboxylic acids is 2. The monoisotopic (exact) mass is 416 g/mol. The molecule has 1 saturated carbocycles. The Balaban J connectivity index is 1.33. The summed E-state index contributed by atoms with van der Waals surface area (Å²) in [4.78, 5) is 26.4. The highest BCUT2D eigenvalue weighted by molar-refractivity contribution is 8.01. The fraction of sp³-hybridized carbons (Fsp3) is 0.500. The molecule has 2 aliphatic rings. The predicted octanol–water partition coefficient (Wildman–Crippen LogP) is 3.73. The second-order valence-electron chi connectivity index (χ2n) is 7.20. The lowest BCUT2D eigenvalue weighted by Gasteiger charge is -2.26. The molecule has 28 heavy (non-hydrogen) atoms. The van der Waals surface area contributed by atoms with E-state index in [4.69, 9.17) is 0 Å². The number of carbonyl (C=O) groups is 2. The Kier molecular flexibility index (Phi) is 5.96. The molecular weight excluding hydrogens is 392 g/mol. The second kappa shape index (κ2) is 8.61. The quantitative estimate of drug-likeness (QED) is 0.550. The lowest BCUT2D eigenvalue weighted by Crippen LogP contribution is -2.32. The predicted molar refractivity (Wildman–Crippen MR) is 112 cm³/mol. The van der Waals surface area contributed by atoms with Crippen LogP contribution in [0.15, 0.2) is 28.6 Å². The number of aryl methyl sites for hydroxylation is 1. The fourth-order valence-electron chi connectivity index (χ4n) is 3.59. The fourth-order valence-corrected chi connectivity index (χ4v) is 5.34. The SMILES string of the molecule is CCC(=O)N(c1nnc(SCC(=O)NC2CCCc3ccccc32)s1)C1CC1. The van der Waals surface area contributed by atoms with Crippen molar-refractivity contribution >= 4 is 40.0 Å². The summed E-state index contributed by atoms with van der Waals surface area (Å²) in [5.41, 5.74) is 2.57. The van der Waals surface area contributed by atoms with Gasteiger partial charge < -0.3 is 5.32 Å². The molecule has 8 heteroatoms. The van der Waals surface area contributed by atoms with Crippen LogP contribution in [0.1, 0.15) is 56.2 Å². The van der Waals surface area contributed by atoms with Crippen molar-refractivity contribution in [1.29, 1.82) is 0 Å². The van der Waals surface area contributed by atoms with Crippen LogP contribution in [0.5, 0.6) is 0 Å². The Labute approximate surface area is 173 Å². The Morgan fingerprint density at radius 3 is 2.86 bits per heavy atom. The van der Waals surface area contributed by atoms with Gasteiger partial charge in [0.05, 0.1) is 11.8 Å². The van der Waals surface area contributed by atoms with E-state index in [9.17, 15) is 9.59 Å². The Morgan fingerprint density at radius 1 is 1.25 bits per heavy atom. The van der Waals surface area contributed by atoms with Crippen LogP contribution in [0.2, 0.25) is 0 Å². The molecule has 148 valence electrons. The van der Waals surface area contributed by atoms with E-state index in [1.807, 2.05) is 13.0 Å². The minimum atomic E-state index is 0.00661. The van der Waals surface area contributed by atoms with Gasteiger partial charge in [-0.25, -0.2) is 0 Å². The first-order valence-electron chi connectivity index (χ1n) is 9.81. The molecule has 1 unspecified atom stereocenters. The maximum atomic E-state index is 12.5. The molecular formula is C20H24N4O2S2. The van der Waals surface area contributed by atoms with Crippen LogP contribution >= 0.6 is 23.1 Å². The number of fused-ring (bicyclic) bond motifs is 1. The van der Waals surface area contributed by atoms with E-state index in [1.165, 1.54) is 34.2 Å². The number of anilines is 1. The lowest BCUT2D eigenvalue weighted by atomic mass is 9.88. The Bertz CT molecular complexity index is 865. The number of nitrogens with one attached hydrogen (secondary N) is 1. The molecule has 1 aromatic heterocycles. The van der Waals surface area contributed by atoms with Gasteiger partial charge in [-0.3, -0.25) is 14.5 Å². The van der Waals surface area contributed by atoms with Crippen molar-refractivity contribution in [1.82, 2.24) is 15.5 Å². The summed E-state index contributed by atoms with van der Waals surface area (Å²) in [7, 11) is 0. The van der Waals surface area contributed by atoms with Crippen molar-refractivity contribution in [3.63, 3.8) is 0 Å². The molecule has 0 bridgehead atoms. The van der Waals surface area contributed by atoms with Gasteiger partial charge in [0.2, 0.25) is 16.9 Å². The van der Waals surface area contributed by atoms with E-state index in [2.05, 4.69) is 33.7 Å². The summed E-state index contributed by atoms with van der Waals surface area (Å²) < 4.78 is 0.726. The maximum Gasteiger partial charge on any atom is 0.230 e. The first-order chi connectivity index (χ1) is 13.7. The molecule has 0 spiro atoms. The summed E-state index contributed by atoms with van der Waals surface area (Å²) in [6, 6.07) is 8.71. The zero-order valence-electron chi connectivity index (χ0n) is 15.9. The minimum Gasteiger partial charge on any atom is -0.349 e. The van der Waals surface area contributed by atoms with E-state index >= 15 is 0 Å². The molecule has 2 aliphatic carbocycles. The first kappa shape index (κ1) is 19.4. The number of aromatic nitrogens is 2. The van der Waals surface area contributed by atoms with Crippen molar-refractivity contribution in [2.24, 2.45) is 0 Å². The first-order valence-corrected chi connectivity index (χ1v) is 11.6. The summed E-state index contributed by atoms with van der Waals surface area (Å²) in [6.07, 6.45) is 5.67. The molecule has 1 atom stereocenters. The summed E-state index contributed by atoms with van der Waals surface area (Å²) in [6.45, 7) is 1.86. The highest BCUT2D eigenvalue weighted by atomic mass is 32.2. The van der Waals surface area contributed by atoms with Gasteiger partial charge in [-0.2, -0.15) is 0 Å². The summed E-state index contributed by atoms with van der Waals surface area (Å²) in [5.74, 6) is 0.398. The third-order valence-corrected chi connectivity index (χ3v) is 7.17. The van der Waals surface area contributed by atoms with Crippen LogP contribution in [0.4, 0.5) is 5.13 Å². The number of amides is 2. The molecule has 1 aromatic carbocycles. The number of hydrogen-bond acceptors (Lipinski definition) is 6. The van der Waals surface area contributed by atoms with Crippen molar-refractivity contribution in [2.75, 3.05) is 10.7 Å². The van der Waals surface area contributed by atoms with Crippen LogP contribution < -0.4 is 10.2 Å². The van der Waals surface area contributed by atoms with Crippen LogP contribution in [0.25, 0.3) is 0 Å². The second-order valence-corrected chi connectivity index (χ2v) is 9.38. The topological polar surface area (TPSA) is 75.2 Å². The van der Waals surface area contributed by atoms with Gasteiger partial charge in [0.15, 0.2) is 4.34 Å². The van der Waals surface area contributed by atoms with Crippen LogP contribution in [0, 0.1) is 0 Å². The van der Waals surface area contributed by atoms with E-state index in [0.29, 0.717) is 17.3 Å². The van der Waals surface area contributed by atoms with Crippen LogP contribution in [0.3, 0.4) is 0 Å². The smallest absolute Gasteiger partial charge is 0.230 e. The van der Waals surface area contributed by atoms with Crippen LogP contribution in [-0.2, 0) is 16.0 Å². The molecule has 4 rings (SSSR count).